The number of carbonyl (C=O) groups excluding carboxylic acids is 2. The van der Waals surface area contributed by atoms with Crippen LogP contribution in [-0.2, 0) is 9.53 Å². The Kier molecular flexibility index (Phi) is 5.14. The fourth-order valence-electron chi connectivity index (χ4n) is 1.45. The monoisotopic (exact) mass is 232 g/mol. The molecule has 0 saturated heterocycles. The van der Waals surface area contributed by atoms with Crippen molar-refractivity contribution in [3.63, 3.8) is 0 Å². The third kappa shape index (κ3) is 3.55. The number of allylic oxidation sites excluding steroid dienone is 1. The van der Waals surface area contributed by atoms with E-state index in [1.807, 2.05) is 13.0 Å². The van der Waals surface area contributed by atoms with E-state index < -0.39 is 11.9 Å². The van der Waals surface area contributed by atoms with Gasteiger partial charge in [0, 0.05) is 5.56 Å². The highest BCUT2D eigenvalue weighted by molar-refractivity contribution is 6.10. The molecule has 3 heteroatoms. The molecule has 90 valence electrons. The molecule has 0 amide bonds. The van der Waals surface area contributed by atoms with Crippen molar-refractivity contribution >= 4 is 11.8 Å². The van der Waals surface area contributed by atoms with Crippen molar-refractivity contribution in [3.05, 3.63) is 48.0 Å². The van der Waals surface area contributed by atoms with Gasteiger partial charge in [0.25, 0.3) is 0 Å². The maximum Gasteiger partial charge on any atom is 0.320 e. The Morgan fingerprint density at radius 1 is 1.29 bits per heavy atom. The van der Waals surface area contributed by atoms with Crippen LogP contribution in [0.1, 0.15) is 23.7 Å². The summed E-state index contributed by atoms with van der Waals surface area (Å²) < 4.78 is 4.64. The first-order valence-electron chi connectivity index (χ1n) is 5.54. The summed E-state index contributed by atoms with van der Waals surface area (Å²) >= 11 is 0. The SMILES string of the molecule is CC/C=C\C(C(=O)OC)C(=O)c1ccccc1. The zero-order chi connectivity index (χ0) is 12.7. The lowest BCUT2D eigenvalue weighted by Crippen LogP contribution is -2.23. The zero-order valence-electron chi connectivity index (χ0n) is 10.1. The molecule has 17 heavy (non-hydrogen) atoms. The summed E-state index contributed by atoms with van der Waals surface area (Å²) in [5, 5.41) is 0. The molecule has 0 saturated carbocycles. The average Bonchev–Trinajstić information content (AvgIpc) is 2.39. The minimum absolute atomic E-state index is 0.234. The van der Waals surface area contributed by atoms with Gasteiger partial charge in [-0.15, -0.1) is 0 Å². The number of ether oxygens (including phenoxy) is 1. The second-order valence-corrected chi connectivity index (χ2v) is 3.57. The maximum absolute atomic E-state index is 12.1. The van der Waals surface area contributed by atoms with Crippen LogP contribution >= 0.6 is 0 Å². The largest absolute Gasteiger partial charge is 0.468 e. The topological polar surface area (TPSA) is 43.4 Å². The van der Waals surface area contributed by atoms with Gasteiger partial charge in [-0.2, -0.15) is 0 Å². The number of rotatable bonds is 5. The molecule has 0 fully saturated rings. The number of benzene rings is 1. The van der Waals surface area contributed by atoms with Crippen LogP contribution in [0.25, 0.3) is 0 Å². The van der Waals surface area contributed by atoms with Gasteiger partial charge in [0.2, 0.25) is 0 Å². The van der Waals surface area contributed by atoms with Crippen molar-refractivity contribution in [2.45, 2.75) is 13.3 Å². The van der Waals surface area contributed by atoms with Crippen molar-refractivity contribution < 1.29 is 14.3 Å². The summed E-state index contributed by atoms with van der Waals surface area (Å²) in [5.74, 6) is -1.60. The predicted molar refractivity (Wildman–Crippen MR) is 65.7 cm³/mol. The third-order valence-electron chi connectivity index (χ3n) is 2.36. The van der Waals surface area contributed by atoms with Crippen LogP contribution in [-0.4, -0.2) is 18.9 Å². The van der Waals surface area contributed by atoms with Gasteiger partial charge in [0.05, 0.1) is 7.11 Å². The number of Topliss-reactive ketones (excluding diaryl/α,β-unsaturated/α-hetero) is 1. The lowest BCUT2D eigenvalue weighted by molar-refractivity contribution is -0.142. The number of hydrogen-bond acceptors (Lipinski definition) is 3. The van der Waals surface area contributed by atoms with E-state index >= 15 is 0 Å². The first-order chi connectivity index (χ1) is 8.20. The molecule has 0 aliphatic heterocycles. The van der Waals surface area contributed by atoms with Gasteiger partial charge in [0.15, 0.2) is 5.78 Å². The molecule has 1 rings (SSSR count). The Morgan fingerprint density at radius 2 is 1.94 bits per heavy atom. The highest BCUT2D eigenvalue weighted by Crippen LogP contribution is 2.12. The summed E-state index contributed by atoms with van der Waals surface area (Å²) in [4.78, 5) is 23.6. The summed E-state index contributed by atoms with van der Waals surface area (Å²) in [5.41, 5.74) is 0.517. The quantitative estimate of drug-likeness (QED) is 0.339. The molecular formula is C14H16O3. The van der Waals surface area contributed by atoms with Crippen molar-refractivity contribution in [2.75, 3.05) is 7.11 Å². The van der Waals surface area contributed by atoms with E-state index in [2.05, 4.69) is 4.74 Å². The number of methoxy groups -OCH3 is 1. The van der Waals surface area contributed by atoms with Crippen LogP contribution in [0.15, 0.2) is 42.5 Å². The van der Waals surface area contributed by atoms with Gasteiger partial charge >= 0.3 is 5.97 Å². The Morgan fingerprint density at radius 3 is 2.47 bits per heavy atom. The summed E-state index contributed by atoms with van der Waals surface area (Å²) in [6.45, 7) is 1.94. The molecule has 0 spiro atoms. The Bertz CT molecular complexity index is 407. The van der Waals surface area contributed by atoms with E-state index in [4.69, 9.17) is 0 Å². The van der Waals surface area contributed by atoms with E-state index in [0.717, 1.165) is 6.42 Å². The number of esters is 1. The Balaban J connectivity index is 2.95. The van der Waals surface area contributed by atoms with Crippen LogP contribution in [0.5, 0.6) is 0 Å². The molecule has 0 aliphatic carbocycles. The van der Waals surface area contributed by atoms with Gasteiger partial charge in [-0.3, -0.25) is 9.59 Å². The van der Waals surface area contributed by atoms with E-state index in [1.165, 1.54) is 7.11 Å². The lowest BCUT2D eigenvalue weighted by atomic mass is 9.97. The fourth-order valence-corrected chi connectivity index (χ4v) is 1.45. The smallest absolute Gasteiger partial charge is 0.320 e. The van der Waals surface area contributed by atoms with Gasteiger partial charge < -0.3 is 4.74 Å². The standard InChI is InChI=1S/C14H16O3/c1-3-4-10-12(14(16)17-2)13(15)11-8-6-5-7-9-11/h4-10,12H,3H2,1-2H3/b10-4-. The molecular weight excluding hydrogens is 216 g/mol. The summed E-state index contributed by atoms with van der Waals surface area (Å²) in [6, 6.07) is 8.75. The van der Waals surface area contributed by atoms with Crippen LogP contribution in [0.3, 0.4) is 0 Å². The first-order valence-corrected chi connectivity index (χ1v) is 5.54. The molecule has 0 aliphatic rings. The Labute approximate surface area is 101 Å². The molecule has 1 aromatic rings. The van der Waals surface area contributed by atoms with Gasteiger partial charge in [0.1, 0.15) is 5.92 Å². The lowest BCUT2D eigenvalue weighted by Gasteiger charge is -2.09. The van der Waals surface area contributed by atoms with Crippen LogP contribution < -0.4 is 0 Å². The predicted octanol–water partition coefficient (Wildman–Crippen LogP) is 2.62. The molecule has 0 N–H and O–H groups in total. The number of carbonyl (C=O) groups is 2. The average molecular weight is 232 g/mol. The van der Waals surface area contributed by atoms with Crippen LogP contribution in [0.2, 0.25) is 0 Å². The van der Waals surface area contributed by atoms with E-state index in [9.17, 15) is 9.59 Å². The third-order valence-corrected chi connectivity index (χ3v) is 2.36. The summed E-state index contributed by atoms with van der Waals surface area (Å²) in [7, 11) is 1.29. The van der Waals surface area contributed by atoms with Gasteiger partial charge in [-0.1, -0.05) is 49.4 Å². The molecule has 1 atom stereocenters. The molecule has 1 aromatic carbocycles. The normalized spacial score (nSPS) is 12.4. The second kappa shape index (κ2) is 6.63. The number of ketones is 1. The molecule has 0 aromatic heterocycles. The van der Waals surface area contributed by atoms with Gasteiger partial charge in [-0.05, 0) is 6.42 Å². The van der Waals surface area contributed by atoms with Crippen LogP contribution in [0.4, 0.5) is 0 Å². The maximum atomic E-state index is 12.1. The minimum Gasteiger partial charge on any atom is -0.468 e. The highest BCUT2D eigenvalue weighted by atomic mass is 16.5. The molecule has 0 heterocycles. The van der Waals surface area contributed by atoms with Crippen molar-refractivity contribution in [1.82, 2.24) is 0 Å². The van der Waals surface area contributed by atoms with E-state index in [0.29, 0.717) is 5.56 Å². The molecule has 0 bridgehead atoms. The summed E-state index contributed by atoms with van der Waals surface area (Å²) in [6.07, 6.45) is 4.17. The second-order valence-electron chi connectivity index (χ2n) is 3.57. The van der Waals surface area contributed by atoms with Gasteiger partial charge in [-0.25, -0.2) is 0 Å². The van der Waals surface area contributed by atoms with E-state index in [-0.39, 0.29) is 5.78 Å². The van der Waals surface area contributed by atoms with E-state index in [1.54, 1.807) is 36.4 Å². The fraction of sp³-hybridized carbons (Fsp3) is 0.286. The zero-order valence-corrected chi connectivity index (χ0v) is 10.1. The molecule has 3 nitrogen and oxygen atoms in total. The van der Waals surface area contributed by atoms with Crippen LogP contribution in [0, 0.1) is 5.92 Å². The van der Waals surface area contributed by atoms with Crippen molar-refractivity contribution in [3.8, 4) is 0 Å². The number of hydrogen-bond donors (Lipinski definition) is 0. The minimum atomic E-state index is -0.845. The van der Waals surface area contributed by atoms with Crippen molar-refractivity contribution in [2.24, 2.45) is 5.92 Å². The molecule has 0 radical (unpaired) electrons. The molecule has 1 unspecified atom stereocenters. The first kappa shape index (κ1) is 13.2. The van der Waals surface area contributed by atoms with Crippen molar-refractivity contribution in [1.29, 1.82) is 0 Å². The Hall–Kier alpha value is -1.90. The highest BCUT2D eigenvalue weighted by Gasteiger charge is 2.25.